The number of benzene rings is 1. The van der Waals surface area contributed by atoms with Crippen LogP contribution in [-0.4, -0.2) is 53.5 Å². The predicted octanol–water partition coefficient (Wildman–Crippen LogP) is 1.95. The lowest BCUT2D eigenvalue weighted by atomic mass is 9.97. The number of nitrogens with zero attached hydrogens (tertiary/aromatic N) is 2. The van der Waals surface area contributed by atoms with Crippen molar-refractivity contribution in [1.29, 1.82) is 0 Å². The smallest absolute Gasteiger partial charge is 0.311 e. The van der Waals surface area contributed by atoms with Crippen molar-refractivity contribution in [3.63, 3.8) is 0 Å². The van der Waals surface area contributed by atoms with Gasteiger partial charge in [-0.25, -0.2) is 4.79 Å². The van der Waals surface area contributed by atoms with Crippen molar-refractivity contribution in [1.82, 2.24) is 20.4 Å². The number of nitrogens with one attached hydrogen (secondary N) is 2. The molecule has 0 bridgehead atoms. The van der Waals surface area contributed by atoms with E-state index in [1.54, 1.807) is 30.8 Å². The zero-order chi connectivity index (χ0) is 18.1. The zero-order valence-electron chi connectivity index (χ0n) is 15.2. The molecule has 0 aromatic heterocycles. The lowest BCUT2D eigenvalue weighted by Crippen LogP contribution is -2.74. The van der Waals surface area contributed by atoms with Crippen LogP contribution >= 0.6 is 11.8 Å². The maximum Gasteiger partial charge on any atom is 0.327 e. The Bertz CT molecular complexity index is 668. The summed E-state index contributed by atoms with van der Waals surface area (Å²) in [6, 6.07) is 8.18. The Kier molecular flexibility index (Phi) is 5.36. The second-order valence-electron chi connectivity index (χ2n) is 6.78. The highest BCUT2D eigenvalue weighted by Crippen LogP contribution is 2.33. The minimum absolute atomic E-state index is 0.0396. The summed E-state index contributed by atoms with van der Waals surface area (Å²) in [7, 11) is 3.32. The molecule has 0 radical (unpaired) electrons. The molecule has 1 aromatic rings. The van der Waals surface area contributed by atoms with E-state index in [1.165, 1.54) is 16.0 Å². The number of thioether (sulfide) groups is 1. The number of hydrogen-bond donors (Lipinski definition) is 2. The van der Waals surface area contributed by atoms with Crippen molar-refractivity contribution in [3.8, 4) is 0 Å². The largest absolute Gasteiger partial charge is 0.327 e. The molecule has 7 heteroatoms. The fourth-order valence-electron chi connectivity index (χ4n) is 3.49. The Balaban J connectivity index is 1.80. The minimum atomic E-state index is -0.301. The molecule has 2 N–H and O–H groups in total. The Morgan fingerprint density at radius 3 is 2.64 bits per heavy atom. The number of amides is 3. The van der Waals surface area contributed by atoms with Gasteiger partial charge in [0.05, 0.1) is 23.6 Å². The molecule has 2 aliphatic heterocycles. The number of fused-ring (bicyclic) bond motifs is 1. The molecule has 1 aromatic carbocycles. The second kappa shape index (κ2) is 7.35. The van der Waals surface area contributed by atoms with Crippen LogP contribution in [0.2, 0.25) is 0 Å². The third kappa shape index (κ3) is 3.54. The Morgan fingerprint density at radius 2 is 1.96 bits per heavy atom. The van der Waals surface area contributed by atoms with E-state index in [0.717, 1.165) is 12.2 Å². The molecule has 3 amide bonds. The first kappa shape index (κ1) is 18.2. The lowest BCUT2D eigenvalue weighted by Gasteiger charge is -2.50. The van der Waals surface area contributed by atoms with Crippen LogP contribution in [-0.2, 0) is 10.5 Å². The Labute approximate surface area is 153 Å². The van der Waals surface area contributed by atoms with Crippen molar-refractivity contribution < 1.29 is 9.59 Å². The maximum absolute atomic E-state index is 12.8. The van der Waals surface area contributed by atoms with E-state index >= 15 is 0 Å². The highest BCUT2D eigenvalue weighted by molar-refractivity contribution is 7.99. The molecule has 2 fully saturated rings. The fraction of sp³-hybridized carbons (Fsp3) is 0.556. The molecule has 2 saturated heterocycles. The summed E-state index contributed by atoms with van der Waals surface area (Å²) in [5.74, 6) is 0.405. The molecule has 4 unspecified atom stereocenters. The number of aryl methyl sites for hydroxylation is 1. The average Bonchev–Trinajstić information content (AvgIpc) is 2.62. The number of rotatable bonds is 4. The van der Waals surface area contributed by atoms with Crippen molar-refractivity contribution in [2.75, 3.05) is 14.1 Å². The maximum atomic E-state index is 12.8. The summed E-state index contributed by atoms with van der Waals surface area (Å²) < 4.78 is 0. The summed E-state index contributed by atoms with van der Waals surface area (Å²) in [5.41, 5.74) is 2.48. The van der Waals surface area contributed by atoms with Crippen LogP contribution in [0.4, 0.5) is 4.79 Å². The summed E-state index contributed by atoms with van der Waals surface area (Å²) in [4.78, 5) is 27.9. The molecule has 136 valence electrons. The number of carbonyl (C=O) groups excluding carboxylic acids is 2. The molecule has 6 nitrogen and oxygen atoms in total. The van der Waals surface area contributed by atoms with Gasteiger partial charge in [-0.1, -0.05) is 36.8 Å². The van der Waals surface area contributed by atoms with Crippen LogP contribution in [0.15, 0.2) is 24.3 Å². The monoisotopic (exact) mass is 362 g/mol. The van der Waals surface area contributed by atoms with Crippen molar-refractivity contribution in [2.45, 2.75) is 43.7 Å². The van der Waals surface area contributed by atoms with E-state index in [9.17, 15) is 9.59 Å². The van der Waals surface area contributed by atoms with Crippen molar-refractivity contribution in [3.05, 3.63) is 35.4 Å². The summed E-state index contributed by atoms with van der Waals surface area (Å²) in [5, 5.41) is 6.91. The molecule has 0 spiro atoms. The zero-order valence-corrected chi connectivity index (χ0v) is 16.0. The highest BCUT2D eigenvalue weighted by atomic mass is 32.2. The van der Waals surface area contributed by atoms with Gasteiger partial charge >= 0.3 is 6.03 Å². The number of carbonyl (C=O) groups is 2. The molecular formula is C18H26N4O2S. The summed E-state index contributed by atoms with van der Waals surface area (Å²) in [6.07, 6.45) is 0.705. The van der Waals surface area contributed by atoms with Crippen LogP contribution in [0.25, 0.3) is 0 Å². The van der Waals surface area contributed by atoms with Gasteiger partial charge in [-0.3, -0.25) is 20.3 Å². The first-order valence-corrected chi connectivity index (χ1v) is 9.71. The summed E-state index contributed by atoms with van der Waals surface area (Å²) >= 11 is 1.74. The minimum Gasteiger partial charge on any atom is -0.311 e. The van der Waals surface area contributed by atoms with E-state index in [0.29, 0.717) is 0 Å². The van der Waals surface area contributed by atoms with E-state index in [1.807, 2.05) is 0 Å². The normalized spacial score (nSPS) is 29.8. The van der Waals surface area contributed by atoms with E-state index < -0.39 is 0 Å². The van der Waals surface area contributed by atoms with Crippen LogP contribution in [0, 0.1) is 12.8 Å². The number of hydrogen-bond acceptors (Lipinski definition) is 5. The fourth-order valence-corrected chi connectivity index (χ4v) is 4.78. The Hall–Kier alpha value is -1.57. The van der Waals surface area contributed by atoms with Gasteiger partial charge in [-0.2, -0.15) is 0 Å². The molecule has 2 aliphatic rings. The second-order valence-corrected chi connectivity index (χ2v) is 7.91. The number of imide groups is 1. The predicted molar refractivity (Wildman–Crippen MR) is 99.8 cm³/mol. The molecule has 0 saturated carbocycles. The van der Waals surface area contributed by atoms with Gasteiger partial charge in [-0.15, -0.1) is 11.8 Å². The van der Waals surface area contributed by atoms with Crippen LogP contribution in [0.3, 0.4) is 0 Å². The lowest BCUT2D eigenvalue weighted by molar-refractivity contribution is -0.140. The molecule has 3 rings (SSSR count). The van der Waals surface area contributed by atoms with Crippen molar-refractivity contribution in [2.24, 2.45) is 5.92 Å². The SMILES string of the molecule is CCC1NC(SCc2cccc(C)c2)C2C(=O)N(C)C(=O)N(C)C2N1. The standard InChI is InChI=1S/C18H26N4O2S/c1-5-13-19-15-14(17(23)22(4)18(24)21(15)3)16(20-13)25-10-12-8-6-7-11(2)9-12/h6-9,13-16,19-20H,5,10H2,1-4H3. The van der Waals surface area contributed by atoms with E-state index in [4.69, 9.17) is 0 Å². The first-order chi connectivity index (χ1) is 11.9. The average molecular weight is 362 g/mol. The molecule has 0 aliphatic carbocycles. The van der Waals surface area contributed by atoms with E-state index in [-0.39, 0.29) is 35.6 Å². The molecule has 2 heterocycles. The van der Waals surface area contributed by atoms with Gasteiger partial charge in [0.15, 0.2) is 0 Å². The van der Waals surface area contributed by atoms with Gasteiger partial charge in [-0.05, 0) is 18.9 Å². The van der Waals surface area contributed by atoms with Crippen molar-refractivity contribution >= 4 is 23.7 Å². The third-order valence-electron chi connectivity index (χ3n) is 4.95. The third-order valence-corrected chi connectivity index (χ3v) is 6.23. The van der Waals surface area contributed by atoms with Gasteiger partial charge in [0.25, 0.3) is 0 Å². The van der Waals surface area contributed by atoms with Crippen LogP contribution in [0.5, 0.6) is 0 Å². The van der Waals surface area contributed by atoms with E-state index in [2.05, 4.69) is 48.7 Å². The molecule has 25 heavy (non-hydrogen) atoms. The first-order valence-electron chi connectivity index (χ1n) is 8.66. The Morgan fingerprint density at radius 1 is 1.20 bits per heavy atom. The summed E-state index contributed by atoms with van der Waals surface area (Å²) in [6.45, 7) is 4.17. The van der Waals surface area contributed by atoms with Crippen LogP contribution in [0.1, 0.15) is 24.5 Å². The quantitative estimate of drug-likeness (QED) is 0.857. The van der Waals surface area contributed by atoms with Gasteiger partial charge in [0.1, 0.15) is 0 Å². The van der Waals surface area contributed by atoms with Gasteiger partial charge in [0.2, 0.25) is 5.91 Å². The van der Waals surface area contributed by atoms with Crippen LogP contribution < -0.4 is 10.6 Å². The number of urea groups is 1. The molecule has 4 atom stereocenters. The van der Waals surface area contributed by atoms with Gasteiger partial charge in [0, 0.05) is 19.8 Å². The molecular weight excluding hydrogens is 336 g/mol. The topological polar surface area (TPSA) is 64.7 Å². The van der Waals surface area contributed by atoms with Gasteiger partial charge < -0.3 is 4.90 Å². The highest BCUT2D eigenvalue weighted by Gasteiger charge is 2.50.